The van der Waals surface area contributed by atoms with E-state index < -0.39 is 11.4 Å². The number of halogens is 2. The van der Waals surface area contributed by atoms with Crippen LogP contribution < -0.4 is 20.8 Å². The number of rotatable bonds is 5. The standard InChI is InChI=1S/C21H14ClFN4O3/c1-29-17-5-3-11(19-14(8-24)20(26)27-21(28)15(19)9-25)6-18(17)30-10-12-2-4-13(23)7-16(12)22/h2-7H,10H2,1H3,(H3,26,27,28). The monoisotopic (exact) mass is 424 g/mol. The normalized spacial score (nSPS) is 10.2. The van der Waals surface area contributed by atoms with E-state index in [2.05, 4.69) is 4.98 Å². The van der Waals surface area contributed by atoms with Crippen LogP contribution in [0.25, 0.3) is 11.1 Å². The molecule has 9 heteroatoms. The average Bonchev–Trinajstić information content (AvgIpc) is 2.72. The quantitative estimate of drug-likeness (QED) is 0.642. The topological polar surface area (TPSA) is 125 Å². The van der Waals surface area contributed by atoms with Crippen molar-refractivity contribution in [3.8, 4) is 34.8 Å². The lowest BCUT2D eigenvalue weighted by molar-refractivity contribution is 0.284. The second kappa shape index (κ2) is 8.56. The van der Waals surface area contributed by atoms with Crippen LogP contribution in [-0.2, 0) is 6.61 Å². The Hall–Kier alpha value is -4.01. The molecule has 0 radical (unpaired) electrons. The maximum atomic E-state index is 13.2. The zero-order valence-electron chi connectivity index (χ0n) is 15.6. The first kappa shape index (κ1) is 20.7. The number of nitrogen functional groups attached to an aromatic ring is 1. The molecule has 0 spiro atoms. The molecule has 3 rings (SSSR count). The van der Waals surface area contributed by atoms with E-state index in [4.69, 9.17) is 26.8 Å². The predicted octanol–water partition coefficient (Wildman–Crippen LogP) is 3.75. The molecular formula is C21H14ClFN4O3. The summed E-state index contributed by atoms with van der Waals surface area (Å²) in [5.41, 5.74) is 5.76. The highest BCUT2D eigenvalue weighted by molar-refractivity contribution is 6.31. The van der Waals surface area contributed by atoms with Gasteiger partial charge in [-0.15, -0.1) is 0 Å². The molecule has 0 unspecified atom stereocenters. The first-order valence-electron chi connectivity index (χ1n) is 8.50. The van der Waals surface area contributed by atoms with Crippen molar-refractivity contribution >= 4 is 17.4 Å². The number of nitrogens with one attached hydrogen (secondary N) is 1. The smallest absolute Gasteiger partial charge is 0.268 e. The summed E-state index contributed by atoms with van der Waals surface area (Å²) in [6, 6.07) is 12.3. The summed E-state index contributed by atoms with van der Waals surface area (Å²) < 4.78 is 24.3. The van der Waals surface area contributed by atoms with Crippen LogP contribution in [0.3, 0.4) is 0 Å². The zero-order chi connectivity index (χ0) is 21.8. The molecule has 0 saturated heterocycles. The van der Waals surface area contributed by atoms with Crippen LogP contribution in [0, 0.1) is 28.5 Å². The molecule has 0 aliphatic carbocycles. The Morgan fingerprint density at radius 1 is 1.13 bits per heavy atom. The third-order valence-corrected chi connectivity index (χ3v) is 4.67. The number of hydrogen-bond donors (Lipinski definition) is 2. The van der Waals surface area contributed by atoms with Crippen LogP contribution in [0.15, 0.2) is 41.2 Å². The second-order valence-corrected chi connectivity index (χ2v) is 6.51. The van der Waals surface area contributed by atoms with Gasteiger partial charge in [0.1, 0.15) is 41.5 Å². The number of ether oxygens (including phenoxy) is 2. The highest BCUT2D eigenvalue weighted by atomic mass is 35.5. The van der Waals surface area contributed by atoms with Gasteiger partial charge in [0.15, 0.2) is 11.5 Å². The van der Waals surface area contributed by atoms with E-state index in [0.717, 1.165) is 0 Å². The number of H-pyrrole nitrogens is 1. The van der Waals surface area contributed by atoms with Gasteiger partial charge in [-0.3, -0.25) is 4.79 Å². The van der Waals surface area contributed by atoms with E-state index in [1.54, 1.807) is 12.1 Å². The predicted molar refractivity (Wildman–Crippen MR) is 109 cm³/mol. The van der Waals surface area contributed by atoms with E-state index in [0.29, 0.717) is 16.9 Å². The van der Waals surface area contributed by atoms with Crippen LogP contribution in [0.2, 0.25) is 5.02 Å². The fourth-order valence-corrected chi connectivity index (χ4v) is 3.09. The maximum Gasteiger partial charge on any atom is 0.268 e. The van der Waals surface area contributed by atoms with Gasteiger partial charge in [-0.05, 0) is 29.8 Å². The SMILES string of the molecule is COc1ccc(-c2c(C#N)c(N)[nH]c(=O)c2C#N)cc1OCc1ccc(F)cc1Cl. The van der Waals surface area contributed by atoms with Crippen molar-refractivity contribution in [1.29, 1.82) is 10.5 Å². The summed E-state index contributed by atoms with van der Waals surface area (Å²) in [5, 5.41) is 19.1. The van der Waals surface area contributed by atoms with Crippen molar-refractivity contribution in [3.63, 3.8) is 0 Å². The van der Waals surface area contributed by atoms with Gasteiger partial charge in [-0.1, -0.05) is 23.7 Å². The molecule has 0 aliphatic heterocycles. The minimum absolute atomic E-state index is 0.00660. The molecule has 7 nitrogen and oxygen atoms in total. The maximum absolute atomic E-state index is 13.2. The Morgan fingerprint density at radius 2 is 1.87 bits per heavy atom. The Morgan fingerprint density at radius 3 is 2.50 bits per heavy atom. The number of nitrogens with zero attached hydrogens (tertiary/aromatic N) is 2. The van der Waals surface area contributed by atoms with Crippen molar-refractivity contribution in [2.24, 2.45) is 0 Å². The molecule has 0 fully saturated rings. The van der Waals surface area contributed by atoms with E-state index in [1.165, 1.54) is 31.4 Å². The first-order chi connectivity index (χ1) is 14.4. The van der Waals surface area contributed by atoms with Crippen LogP contribution in [0.4, 0.5) is 10.2 Å². The summed E-state index contributed by atoms with van der Waals surface area (Å²) >= 11 is 6.04. The van der Waals surface area contributed by atoms with Crippen LogP contribution in [0.5, 0.6) is 11.5 Å². The minimum Gasteiger partial charge on any atom is -0.493 e. The molecule has 3 aromatic rings. The summed E-state index contributed by atoms with van der Waals surface area (Å²) in [6.07, 6.45) is 0. The van der Waals surface area contributed by atoms with Gasteiger partial charge in [-0.25, -0.2) is 4.39 Å². The fourth-order valence-electron chi connectivity index (χ4n) is 2.87. The Bertz CT molecular complexity index is 1270. The number of anilines is 1. The van der Waals surface area contributed by atoms with E-state index in [-0.39, 0.29) is 39.9 Å². The van der Waals surface area contributed by atoms with Crippen molar-refractivity contribution in [2.75, 3.05) is 12.8 Å². The number of pyridine rings is 1. The fraction of sp³-hybridized carbons (Fsp3) is 0.0952. The molecule has 150 valence electrons. The van der Waals surface area contributed by atoms with Gasteiger partial charge in [0, 0.05) is 11.1 Å². The van der Waals surface area contributed by atoms with Crippen LogP contribution in [0.1, 0.15) is 16.7 Å². The largest absolute Gasteiger partial charge is 0.493 e. The lowest BCUT2D eigenvalue weighted by Gasteiger charge is -2.14. The van der Waals surface area contributed by atoms with E-state index in [9.17, 15) is 19.7 Å². The highest BCUT2D eigenvalue weighted by Crippen LogP contribution is 2.36. The molecule has 0 bridgehead atoms. The lowest BCUT2D eigenvalue weighted by atomic mass is 9.96. The number of aromatic amines is 1. The molecule has 0 saturated carbocycles. The van der Waals surface area contributed by atoms with Gasteiger partial charge in [0.2, 0.25) is 0 Å². The minimum atomic E-state index is -0.708. The molecule has 30 heavy (non-hydrogen) atoms. The number of nitrogens with two attached hydrogens (primary N) is 1. The summed E-state index contributed by atoms with van der Waals surface area (Å²) in [4.78, 5) is 14.4. The van der Waals surface area contributed by atoms with Gasteiger partial charge in [-0.2, -0.15) is 10.5 Å². The van der Waals surface area contributed by atoms with Crippen LogP contribution >= 0.6 is 11.6 Å². The molecule has 1 heterocycles. The summed E-state index contributed by atoms with van der Waals surface area (Å²) in [7, 11) is 1.44. The van der Waals surface area contributed by atoms with Gasteiger partial charge in [0.25, 0.3) is 5.56 Å². The second-order valence-electron chi connectivity index (χ2n) is 6.11. The third kappa shape index (κ3) is 3.90. The van der Waals surface area contributed by atoms with Crippen LogP contribution in [-0.4, -0.2) is 12.1 Å². The van der Waals surface area contributed by atoms with Gasteiger partial charge >= 0.3 is 0 Å². The molecule has 2 aromatic carbocycles. The third-order valence-electron chi connectivity index (χ3n) is 4.32. The average molecular weight is 425 g/mol. The van der Waals surface area contributed by atoms with E-state index in [1.807, 2.05) is 12.1 Å². The van der Waals surface area contributed by atoms with Crippen molar-refractivity contribution in [3.05, 3.63) is 74.3 Å². The Balaban J connectivity index is 2.09. The summed E-state index contributed by atoms with van der Waals surface area (Å²) in [6.45, 7) is 0.00660. The molecular weight excluding hydrogens is 411 g/mol. The number of benzene rings is 2. The Labute approximate surface area is 175 Å². The Kier molecular flexibility index (Phi) is 5.91. The van der Waals surface area contributed by atoms with Crippen molar-refractivity contribution < 1.29 is 13.9 Å². The zero-order valence-corrected chi connectivity index (χ0v) is 16.4. The van der Waals surface area contributed by atoms with Gasteiger partial charge < -0.3 is 20.2 Å². The van der Waals surface area contributed by atoms with Crippen molar-refractivity contribution in [2.45, 2.75) is 6.61 Å². The number of nitriles is 2. The molecule has 0 atom stereocenters. The molecule has 3 N–H and O–H groups in total. The number of aromatic nitrogens is 1. The number of hydrogen-bond acceptors (Lipinski definition) is 6. The highest BCUT2D eigenvalue weighted by Gasteiger charge is 2.20. The first-order valence-corrected chi connectivity index (χ1v) is 8.88. The molecule has 1 aromatic heterocycles. The lowest BCUT2D eigenvalue weighted by Crippen LogP contribution is -2.16. The number of methoxy groups -OCH3 is 1. The summed E-state index contributed by atoms with van der Waals surface area (Å²) in [5.74, 6) is 0.0185. The van der Waals surface area contributed by atoms with E-state index >= 15 is 0 Å². The molecule has 0 amide bonds. The van der Waals surface area contributed by atoms with Gasteiger partial charge in [0.05, 0.1) is 12.1 Å². The molecule has 0 aliphatic rings. The van der Waals surface area contributed by atoms with Crippen molar-refractivity contribution in [1.82, 2.24) is 4.98 Å².